The lowest BCUT2D eigenvalue weighted by Gasteiger charge is -2.24. The fourth-order valence-corrected chi connectivity index (χ4v) is 2.34. The lowest BCUT2D eigenvalue weighted by Crippen LogP contribution is -2.54. The molecule has 3 amide bonds. The van der Waals surface area contributed by atoms with E-state index in [9.17, 15) is 19.2 Å². The van der Waals surface area contributed by atoms with Gasteiger partial charge < -0.3 is 25.8 Å². The highest BCUT2D eigenvalue weighted by atomic mass is 16.5. The van der Waals surface area contributed by atoms with Crippen molar-refractivity contribution in [3.63, 3.8) is 0 Å². The maximum absolute atomic E-state index is 12.5. The SMILES string of the molecule is COC(=O)CC[C@@H](NC(=O)[C@H](NC(=O)OCc1ccccc1)C(C)C)C(N)=O. The van der Waals surface area contributed by atoms with E-state index < -0.39 is 36.0 Å². The molecule has 28 heavy (non-hydrogen) atoms. The summed E-state index contributed by atoms with van der Waals surface area (Å²) in [5.41, 5.74) is 6.09. The molecule has 9 heteroatoms. The molecule has 9 nitrogen and oxygen atoms in total. The number of amides is 3. The number of methoxy groups -OCH3 is 1. The quantitative estimate of drug-likeness (QED) is 0.504. The second-order valence-electron chi connectivity index (χ2n) is 6.51. The lowest BCUT2D eigenvalue weighted by atomic mass is 10.0. The number of alkyl carbamates (subject to hydrolysis) is 1. The Hall–Kier alpha value is -3.10. The largest absolute Gasteiger partial charge is 0.469 e. The summed E-state index contributed by atoms with van der Waals surface area (Å²) in [5.74, 6) is -2.19. The van der Waals surface area contributed by atoms with Crippen molar-refractivity contribution in [1.29, 1.82) is 0 Å². The molecular weight excluding hydrogens is 366 g/mol. The highest BCUT2D eigenvalue weighted by molar-refractivity contribution is 5.91. The zero-order valence-electron chi connectivity index (χ0n) is 16.3. The Morgan fingerprint density at radius 1 is 1.07 bits per heavy atom. The van der Waals surface area contributed by atoms with E-state index in [0.29, 0.717) is 0 Å². The van der Waals surface area contributed by atoms with Crippen molar-refractivity contribution in [3.05, 3.63) is 35.9 Å². The zero-order chi connectivity index (χ0) is 21.1. The first kappa shape index (κ1) is 22.9. The third-order valence-electron chi connectivity index (χ3n) is 3.96. The second-order valence-corrected chi connectivity index (χ2v) is 6.51. The van der Waals surface area contributed by atoms with Gasteiger partial charge in [0.1, 0.15) is 18.7 Å². The van der Waals surface area contributed by atoms with E-state index in [0.717, 1.165) is 5.56 Å². The van der Waals surface area contributed by atoms with E-state index in [1.807, 2.05) is 18.2 Å². The van der Waals surface area contributed by atoms with Gasteiger partial charge in [-0.05, 0) is 17.9 Å². The van der Waals surface area contributed by atoms with Crippen LogP contribution in [0.5, 0.6) is 0 Å². The van der Waals surface area contributed by atoms with Crippen LogP contribution in [0.2, 0.25) is 0 Å². The number of benzene rings is 1. The van der Waals surface area contributed by atoms with Gasteiger partial charge in [0, 0.05) is 6.42 Å². The van der Waals surface area contributed by atoms with Crippen molar-refractivity contribution in [2.24, 2.45) is 11.7 Å². The first-order valence-electron chi connectivity index (χ1n) is 8.88. The molecule has 2 atom stereocenters. The van der Waals surface area contributed by atoms with Crippen molar-refractivity contribution in [2.75, 3.05) is 7.11 Å². The van der Waals surface area contributed by atoms with Gasteiger partial charge in [-0.1, -0.05) is 44.2 Å². The van der Waals surface area contributed by atoms with Gasteiger partial charge in [0.2, 0.25) is 11.8 Å². The minimum Gasteiger partial charge on any atom is -0.469 e. The van der Waals surface area contributed by atoms with Crippen LogP contribution in [0.3, 0.4) is 0 Å². The molecule has 0 heterocycles. The van der Waals surface area contributed by atoms with Crippen LogP contribution >= 0.6 is 0 Å². The smallest absolute Gasteiger partial charge is 0.408 e. The maximum atomic E-state index is 12.5. The molecule has 1 rings (SSSR count). The molecule has 1 aromatic carbocycles. The number of hydrogen-bond donors (Lipinski definition) is 3. The van der Waals surface area contributed by atoms with Gasteiger partial charge >= 0.3 is 12.1 Å². The topological polar surface area (TPSA) is 137 Å². The first-order chi connectivity index (χ1) is 13.2. The van der Waals surface area contributed by atoms with E-state index in [-0.39, 0.29) is 25.4 Å². The van der Waals surface area contributed by atoms with Gasteiger partial charge in [-0.25, -0.2) is 4.79 Å². The summed E-state index contributed by atoms with van der Waals surface area (Å²) >= 11 is 0. The van der Waals surface area contributed by atoms with Crippen molar-refractivity contribution in [3.8, 4) is 0 Å². The van der Waals surface area contributed by atoms with Crippen molar-refractivity contribution in [2.45, 2.75) is 45.4 Å². The van der Waals surface area contributed by atoms with Crippen LogP contribution in [0.4, 0.5) is 4.79 Å². The van der Waals surface area contributed by atoms with Crippen LogP contribution in [0.15, 0.2) is 30.3 Å². The highest BCUT2D eigenvalue weighted by Gasteiger charge is 2.28. The van der Waals surface area contributed by atoms with E-state index in [1.165, 1.54) is 7.11 Å². The third-order valence-corrected chi connectivity index (χ3v) is 3.96. The van der Waals surface area contributed by atoms with E-state index in [4.69, 9.17) is 10.5 Å². The molecule has 4 N–H and O–H groups in total. The van der Waals surface area contributed by atoms with Crippen LogP contribution in [0.25, 0.3) is 0 Å². The number of hydrogen-bond acceptors (Lipinski definition) is 6. The number of ether oxygens (including phenoxy) is 2. The maximum Gasteiger partial charge on any atom is 0.408 e. The second kappa shape index (κ2) is 11.6. The van der Waals surface area contributed by atoms with E-state index >= 15 is 0 Å². The van der Waals surface area contributed by atoms with E-state index in [1.54, 1.807) is 26.0 Å². The summed E-state index contributed by atoms with van der Waals surface area (Å²) < 4.78 is 9.63. The Balaban J connectivity index is 2.64. The predicted octanol–water partition coefficient (Wildman–Crippen LogP) is 0.861. The summed E-state index contributed by atoms with van der Waals surface area (Å²) in [7, 11) is 1.22. The van der Waals surface area contributed by atoms with Gasteiger partial charge in [0.25, 0.3) is 0 Å². The zero-order valence-corrected chi connectivity index (χ0v) is 16.3. The molecule has 0 saturated heterocycles. The molecule has 0 fully saturated rings. The molecule has 0 aliphatic heterocycles. The third kappa shape index (κ3) is 8.07. The molecule has 0 unspecified atom stereocenters. The first-order valence-corrected chi connectivity index (χ1v) is 8.88. The van der Waals surface area contributed by atoms with Gasteiger partial charge in [0.05, 0.1) is 7.11 Å². The molecule has 0 spiro atoms. The van der Waals surface area contributed by atoms with Gasteiger partial charge in [-0.2, -0.15) is 0 Å². The van der Waals surface area contributed by atoms with Crippen LogP contribution in [0, 0.1) is 5.92 Å². The molecule has 0 aliphatic rings. The fraction of sp³-hybridized carbons (Fsp3) is 0.474. The molecule has 0 aromatic heterocycles. The van der Waals surface area contributed by atoms with Gasteiger partial charge in [-0.3, -0.25) is 14.4 Å². The Morgan fingerprint density at radius 2 is 1.71 bits per heavy atom. The molecule has 154 valence electrons. The number of esters is 1. The molecule has 0 radical (unpaired) electrons. The Labute approximate surface area is 163 Å². The normalized spacial score (nSPS) is 12.6. The average molecular weight is 393 g/mol. The monoisotopic (exact) mass is 393 g/mol. The highest BCUT2D eigenvalue weighted by Crippen LogP contribution is 2.06. The fourth-order valence-electron chi connectivity index (χ4n) is 2.34. The van der Waals surface area contributed by atoms with E-state index in [2.05, 4.69) is 15.4 Å². The van der Waals surface area contributed by atoms with Crippen molar-refractivity contribution in [1.82, 2.24) is 10.6 Å². The number of carbonyl (C=O) groups is 4. The van der Waals surface area contributed by atoms with Gasteiger partial charge in [-0.15, -0.1) is 0 Å². The summed E-state index contributed by atoms with van der Waals surface area (Å²) in [6.07, 6.45) is -0.844. The number of carbonyl (C=O) groups excluding carboxylic acids is 4. The Bertz CT molecular complexity index is 678. The average Bonchev–Trinajstić information content (AvgIpc) is 2.67. The Morgan fingerprint density at radius 3 is 2.25 bits per heavy atom. The minimum atomic E-state index is -1.06. The number of nitrogens with one attached hydrogen (secondary N) is 2. The van der Waals surface area contributed by atoms with Crippen LogP contribution in [-0.2, 0) is 30.5 Å². The molecular formula is C19H27N3O6. The molecule has 1 aromatic rings. The standard InChI is InChI=1S/C19H27N3O6/c1-12(2)16(22-19(26)28-11-13-7-5-4-6-8-13)18(25)21-14(17(20)24)9-10-15(23)27-3/h4-8,12,14,16H,9-11H2,1-3H3,(H2,20,24)(H,21,25)(H,22,26)/t14-,16-/m1/s1. The lowest BCUT2D eigenvalue weighted by molar-refractivity contribution is -0.141. The van der Waals surface area contributed by atoms with Crippen molar-refractivity contribution < 1.29 is 28.7 Å². The van der Waals surface area contributed by atoms with Crippen LogP contribution < -0.4 is 16.4 Å². The molecule has 0 bridgehead atoms. The summed E-state index contributed by atoms with van der Waals surface area (Å²) in [4.78, 5) is 47.4. The van der Waals surface area contributed by atoms with Crippen LogP contribution in [-0.4, -0.2) is 43.1 Å². The number of primary amides is 1. The van der Waals surface area contributed by atoms with Crippen molar-refractivity contribution >= 4 is 23.9 Å². The van der Waals surface area contributed by atoms with Gasteiger partial charge in [0.15, 0.2) is 0 Å². The summed E-state index contributed by atoms with van der Waals surface area (Å²) in [6.45, 7) is 3.52. The molecule has 0 saturated carbocycles. The summed E-state index contributed by atoms with van der Waals surface area (Å²) in [6, 6.07) is 7.09. The number of nitrogens with two attached hydrogens (primary N) is 1. The number of rotatable bonds is 10. The summed E-state index contributed by atoms with van der Waals surface area (Å²) in [5, 5.41) is 4.95. The minimum absolute atomic E-state index is 0.00296. The predicted molar refractivity (Wildman–Crippen MR) is 101 cm³/mol. The van der Waals surface area contributed by atoms with Crippen LogP contribution in [0.1, 0.15) is 32.3 Å². The molecule has 0 aliphatic carbocycles. The Kier molecular flexibility index (Phi) is 9.49.